The number of halogens is 1. The second-order valence-electron chi connectivity index (χ2n) is 8.01. The topological polar surface area (TPSA) is 36.3 Å². The van der Waals surface area contributed by atoms with Gasteiger partial charge in [0.05, 0.1) is 25.1 Å². The maximum absolute atomic E-state index is 6.44. The highest BCUT2D eigenvalue weighted by atomic mass is 35.5. The van der Waals surface area contributed by atoms with E-state index in [1.165, 1.54) is 37.7 Å². The van der Waals surface area contributed by atoms with Gasteiger partial charge < -0.3 is 14.0 Å². The smallest absolute Gasteiger partial charge is 0.179 e. The van der Waals surface area contributed by atoms with Gasteiger partial charge in [0.25, 0.3) is 0 Å². The Morgan fingerprint density at radius 2 is 2.04 bits per heavy atom. The first-order chi connectivity index (χ1) is 13.7. The molecule has 2 heterocycles. The minimum Gasteiger partial charge on any atom is -0.348 e. The maximum Gasteiger partial charge on any atom is 0.179 e. The molecule has 28 heavy (non-hydrogen) atoms. The van der Waals surface area contributed by atoms with Gasteiger partial charge in [-0.25, -0.2) is 4.98 Å². The number of aromatic nitrogens is 2. The fourth-order valence-electron chi connectivity index (χ4n) is 4.74. The molecule has 152 valence electrons. The van der Waals surface area contributed by atoms with Crippen molar-refractivity contribution in [2.45, 2.75) is 57.0 Å². The average molecular weight is 421 g/mol. The van der Waals surface area contributed by atoms with E-state index in [0.717, 1.165) is 11.4 Å². The van der Waals surface area contributed by atoms with Crippen LogP contribution in [0.5, 0.6) is 0 Å². The molecule has 2 aromatic rings. The number of imidazole rings is 1. The molecule has 1 saturated heterocycles. The summed E-state index contributed by atoms with van der Waals surface area (Å²) in [5.41, 5.74) is 1.37. The molecule has 5 unspecified atom stereocenters. The van der Waals surface area contributed by atoms with Crippen molar-refractivity contribution in [3.63, 3.8) is 0 Å². The first kappa shape index (κ1) is 20.3. The zero-order valence-corrected chi connectivity index (χ0v) is 17.8. The third-order valence-corrected chi connectivity index (χ3v) is 6.93. The minimum atomic E-state index is -0.240. The van der Waals surface area contributed by atoms with Crippen molar-refractivity contribution >= 4 is 24.2 Å². The van der Waals surface area contributed by atoms with Crippen LogP contribution in [0.4, 0.5) is 0 Å². The first-order valence-electron chi connectivity index (χ1n) is 10.3. The second-order valence-corrected chi connectivity index (χ2v) is 8.81. The van der Waals surface area contributed by atoms with Gasteiger partial charge in [-0.05, 0) is 48.8 Å². The number of thiol groups is 1. The largest absolute Gasteiger partial charge is 0.348 e. The molecule has 2 fully saturated rings. The molecule has 1 saturated carbocycles. The fourth-order valence-corrected chi connectivity index (χ4v) is 5.23. The zero-order valence-electron chi connectivity index (χ0n) is 16.1. The summed E-state index contributed by atoms with van der Waals surface area (Å²) in [7, 11) is 0. The van der Waals surface area contributed by atoms with Gasteiger partial charge >= 0.3 is 0 Å². The number of hydrogen-bond donors (Lipinski definition) is 1. The third kappa shape index (κ3) is 4.76. The van der Waals surface area contributed by atoms with E-state index < -0.39 is 0 Å². The van der Waals surface area contributed by atoms with Crippen LogP contribution in [-0.4, -0.2) is 34.3 Å². The van der Waals surface area contributed by atoms with Gasteiger partial charge in [-0.15, -0.1) is 0 Å². The highest BCUT2D eigenvalue weighted by molar-refractivity contribution is 7.80. The van der Waals surface area contributed by atoms with Gasteiger partial charge in [-0.1, -0.05) is 43.0 Å². The number of nitrogens with zero attached hydrogens (tertiary/aromatic N) is 2. The van der Waals surface area contributed by atoms with E-state index in [0.29, 0.717) is 24.2 Å². The van der Waals surface area contributed by atoms with E-state index in [1.807, 2.05) is 29.2 Å². The normalized spacial score (nSPS) is 29.1. The molecule has 0 amide bonds. The molecule has 0 radical (unpaired) electrons. The number of rotatable bonds is 7. The van der Waals surface area contributed by atoms with E-state index >= 15 is 0 Å². The Labute approximate surface area is 178 Å². The Kier molecular flexibility index (Phi) is 6.99. The molecular formula is C22H29ClN2O2S. The lowest BCUT2D eigenvalue weighted by Crippen LogP contribution is -2.34. The highest BCUT2D eigenvalue weighted by Gasteiger charge is 2.40. The molecule has 4 nitrogen and oxygen atoms in total. The average Bonchev–Trinajstić information content (AvgIpc) is 3.41. The van der Waals surface area contributed by atoms with Crippen LogP contribution in [-0.2, 0) is 15.9 Å². The van der Waals surface area contributed by atoms with Crippen LogP contribution >= 0.6 is 24.2 Å². The molecule has 6 heteroatoms. The molecule has 1 aromatic carbocycles. The second kappa shape index (κ2) is 9.66. The van der Waals surface area contributed by atoms with Crippen LogP contribution in [0.25, 0.3) is 0 Å². The molecule has 0 N–H and O–H groups in total. The molecule has 0 spiro atoms. The molecule has 1 aliphatic carbocycles. The summed E-state index contributed by atoms with van der Waals surface area (Å²) in [6.07, 6.45) is 13.0. The number of ether oxygens (including phenoxy) is 2. The van der Waals surface area contributed by atoms with E-state index in [1.54, 1.807) is 6.20 Å². The SMILES string of the molecule is SCC(C1OCC(C2CCCCC2CCc2ccc(Cl)cc2)O1)n1ccnc1. The summed E-state index contributed by atoms with van der Waals surface area (Å²) < 4.78 is 14.6. The van der Waals surface area contributed by atoms with Crippen molar-refractivity contribution in [2.75, 3.05) is 12.4 Å². The van der Waals surface area contributed by atoms with E-state index in [9.17, 15) is 0 Å². The Hall–Kier alpha value is -1.01. The fraction of sp³-hybridized carbons (Fsp3) is 0.591. The van der Waals surface area contributed by atoms with E-state index in [4.69, 9.17) is 21.1 Å². The molecule has 2 aliphatic rings. The molecule has 0 bridgehead atoms. The van der Waals surface area contributed by atoms with Crippen LogP contribution in [0.2, 0.25) is 5.02 Å². The van der Waals surface area contributed by atoms with Crippen molar-refractivity contribution in [1.82, 2.24) is 9.55 Å². The van der Waals surface area contributed by atoms with Crippen LogP contribution < -0.4 is 0 Å². The number of benzene rings is 1. The van der Waals surface area contributed by atoms with Crippen molar-refractivity contribution in [3.8, 4) is 0 Å². The van der Waals surface area contributed by atoms with Gasteiger partial charge in [-0.3, -0.25) is 0 Å². The van der Waals surface area contributed by atoms with Crippen LogP contribution in [0, 0.1) is 11.8 Å². The van der Waals surface area contributed by atoms with E-state index in [2.05, 4.69) is 29.7 Å². The predicted molar refractivity (Wildman–Crippen MR) is 115 cm³/mol. The minimum absolute atomic E-state index is 0.0620. The molecule has 1 aromatic heterocycles. The molecule has 4 rings (SSSR count). The summed E-state index contributed by atoms with van der Waals surface area (Å²) >= 11 is 10.5. The van der Waals surface area contributed by atoms with Crippen LogP contribution in [0.3, 0.4) is 0 Å². The molecule has 1 aliphatic heterocycles. The lowest BCUT2D eigenvalue weighted by Gasteiger charge is -2.35. The Morgan fingerprint density at radius 1 is 1.21 bits per heavy atom. The van der Waals surface area contributed by atoms with Gasteiger partial charge in [0.15, 0.2) is 6.29 Å². The zero-order chi connectivity index (χ0) is 19.3. The van der Waals surface area contributed by atoms with Gasteiger partial charge in [0.1, 0.15) is 0 Å². The summed E-state index contributed by atoms with van der Waals surface area (Å²) in [5, 5.41) is 0.804. The maximum atomic E-state index is 6.44. The Morgan fingerprint density at radius 3 is 2.79 bits per heavy atom. The van der Waals surface area contributed by atoms with Gasteiger partial charge in [-0.2, -0.15) is 12.6 Å². The van der Waals surface area contributed by atoms with Crippen molar-refractivity contribution in [1.29, 1.82) is 0 Å². The number of aryl methyl sites for hydroxylation is 1. The lowest BCUT2D eigenvalue weighted by atomic mass is 9.74. The monoisotopic (exact) mass is 420 g/mol. The van der Waals surface area contributed by atoms with Crippen molar-refractivity contribution in [3.05, 3.63) is 53.6 Å². The lowest BCUT2D eigenvalue weighted by molar-refractivity contribution is -0.0997. The van der Waals surface area contributed by atoms with Gasteiger partial charge in [0.2, 0.25) is 0 Å². The number of hydrogen-bond acceptors (Lipinski definition) is 4. The molecular weight excluding hydrogens is 392 g/mol. The highest BCUT2D eigenvalue weighted by Crippen LogP contribution is 2.39. The summed E-state index contributed by atoms with van der Waals surface area (Å²) in [6, 6.07) is 8.33. The summed E-state index contributed by atoms with van der Waals surface area (Å²) in [5.74, 6) is 1.94. The Balaban J connectivity index is 1.37. The summed E-state index contributed by atoms with van der Waals surface area (Å²) in [4.78, 5) is 4.15. The Bertz CT molecular complexity index is 725. The first-order valence-corrected chi connectivity index (χ1v) is 11.4. The quantitative estimate of drug-likeness (QED) is 0.626. The van der Waals surface area contributed by atoms with Crippen LogP contribution in [0.15, 0.2) is 43.0 Å². The van der Waals surface area contributed by atoms with Gasteiger partial charge in [0, 0.05) is 23.2 Å². The summed E-state index contributed by atoms with van der Waals surface area (Å²) in [6.45, 7) is 0.686. The molecule has 5 atom stereocenters. The van der Waals surface area contributed by atoms with Crippen LogP contribution in [0.1, 0.15) is 43.7 Å². The van der Waals surface area contributed by atoms with Crippen molar-refractivity contribution in [2.24, 2.45) is 11.8 Å². The van der Waals surface area contributed by atoms with E-state index in [-0.39, 0.29) is 18.4 Å². The van der Waals surface area contributed by atoms with Crippen molar-refractivity contribution < 1.29 is 9.47 Å². The third-order valence-electron chi connectivity index (χ3n) is 6.31. The standard InChI is InChI=1S/C22H29ClN2O2S/c23-18-9-6-16(7-10-18)5-8-17-3-1-2-4-19(17)21-13-26-22(27-21)20(14-28)25-12-11-24-15-25/h6-7,9-12,15,17,19-22,28H,1-5,8,13-14H2. The predicted octanol–water partition coefficient (Wildman–Crippen LogP) is 5.19.